The Morgan fingerprint density at radius 1 is 1.38 bits per heavy atom. The summed E-state index contributed by atoms with van der Waals surface area (Å²) >= 11 is 0. The molecule has 0 fully saturated rings. The number of hydrogen-bond donors (Lipinski definition) is 1. The van der Waals surface area contributed by atoms with E-state index in [1.54, 1.807) is 0 Å². The molecule has 2 atom stereocenters. The highest BCUT2D eigenvalue weighted by molar-refractivity contribution is 5.85. The smallest absolute Gasteiger partial charge is 0.323 e. The van der Waals surface area contributed by atoms with Crippen molar-refractivity contribution in [1.29, 1.82) is 0 Å². The molecule has 1 aromatic rings. The number of methoxy groups -OCH3 is 1. The van der Waals surface area contributed by atoms with Crippen molar-refractivity contribution in [3.63, 3.8) is 0 Å². The van der Waals surface area contributed by atoms with E-state index < -0.39 is 0 Å². The predicted octanol–water partition coefficient (Wildman–Crippen LogP) is 2.95. The Labute approximate surface area is 126 Å². The third-order valence-corrected chi connectivity index (χ3v) is 4.54. The molecule has 0 bridgehead atoms. The van der Waals surface area contributed by atoms with Gasteiger partial charge < -0.3 is 4.74 Å². The van der Waals surface area contributed by atoms with Crippen LogP contribution in [0.2, 0.25) is 0 Å². The van der Waals surface area contributed by atoms with Gasteiger partial charge in [0.15, 0.2) is 0 Å². The van der Waals surface area contributed by atoms with Crippen LogP contribution in [0.4, 0.5) is 0 Å². The van der Waals surface area contributed by atoms with E-state index >= 15 is 0 Å². The summed E-state index contributed by atoms with van der Waals surface area (Å²) in [4.78, 5) is 12.0. The Kier molecular flexibility index (Phi) is 3.85. The molecule has 112 valence electrons. The van der Waals surface area contributed by atoms with Crippen molar-refractivity contribution in [3.05, 3.63) is 41.0 Å². The summed E-state index contributed by atoms with van der Waals surface area (Å²) in [5, 5.41) is 3.51. The normalized spacial score (nSPS) is 24.0. The van der Waals surface area contributed by atoms with Crippen molar-refractivity contribution in [3.8, 4) is 0 Å². The van der Waals surface area contributed by atoms with Crippen molar-refractivity contribution in [1.82, 2.24) is 5.32 Å². The highest BCUT2D eigenvalue weighted by Gasteiger charge is 2.36. The molecule has 0 spiro atoms. The molecule has 3 rings (SSSR count). The number of nitrogens with one attached hydrogen (secondary N) is 1. The Morgan fingerprint density at radius 3 is 2.86 bits per heavy atom. The summed E-state index contributed by atoms with van der Waals surface area (Å²) < 4.78 is 4.96. The molecule has 3 nitrogen and oxygen atoms in total. The van der Waals surface area contributed by atoms with Gasteiger partial charge in [0.25, 0.3) is 0 Å². The first-order valence-corrected chi connectivity index (χ1v) is 7.74. The molecular formula is C18H23NO2. The molecule has 1 heterocycles. The number of carbonyl (C=O) groups is 1. The van der Waals surface area contributed by atoms with Gasteiger partial charge in [-0.1, -0.05) is 38.1 Å². The molecule has 2 aliphatic rings. The van der Waals surface area contributed by atoms with Crippen LogP contribution in [0.3, 0.4) is 0 Å². The third-order valence-electron chi connectivity index (χ3n) is 4.54. The molecule has 1 N–H and O–H groups in total. The SMILES string of the molecule is COC(=O)C1CC2=C(Cc3ccccc32)C(CC(C)C)N1. The van der Waals surface area contributed by atoms with E-state index in [2.05, 4.69) is 43.4 Å². The zero-order valence-corrected chi connectivity index (χ0v) is 13.0. The van der Waals surface area contributed by atoms with Crippen molar-refractivity contribution < 1.29 is 9.53 Å². The first-order chi connectivity index (χ1) is 10.1. The Hall–Kier alpha value is -1.61. The molecule has 0 radical (unpaired) electrons. The van der Waals surface area contributed by atoms with Crippen LogP contribution < -0.4 is 5.32 Å². The Morgan fingerprint density at radius 2 is 2.14 bits per heavy atom. The van der Waals surface area contributed by atoms with E-state index in [9.17, 15) is 4.79 Å². The topological polar surface area (TPSA) is 38.3 Å². The molecular weight excluding hydrogens is 262 g/mol. The molecule has 0 aromatic heterocycles. The van der Waals surface area contributed by atoms with Crippen molar-refractivity contribution >= 4 is 11.5 Å². The lowest BCUT2D eigenvalue weighted by atomic mass is 9.86. The largest absolute Gasteiger partial charge is 0.468 e. The van der Waals surface area contributed by atoms with Gasteiger partial charge in [-0.2, -0.15) is 0 Å². The van der Waals surface area contributed by atoms with E-state index in [4.69, 9.17) is 4.74 Å². The van der Waals surface area contributed by atoms with Gasteiger partial charge in [0, 0.05) is 6.04 Å². The second-order valence-electron chi connectivity index (χ2n) is 6.47. The lowest BCUT2D eigenvalue weighted by Gasteiger charge is -2.32. The summed E-state index contributed by atoms with van der Waals surface area (Å²) in [7, 11) is 1.47. The van der Waals surface area contributed by atoms with Crippen LogP contribution >= 0.6 is 0 Å². The van der Waals surface area contributed by atoms with Crippen LogP contribution in [0.25, 0.3) is 5.57 Å². The summed E-state index contributed by atoms with van der Waals surface area (Å²) in [5.74, 6) is 0.441. The zero-order valence-electron chi connectivity index (χ0n) is 13.0. The molecule has 0 saturated heterocycles. The van der Waals surface area contributed by atoms with Crippen LogP contribution in [0.5, 0.6) is 0 Å². The minimum Gasteiger partial charge on any atom is -0.468 e. The first-order valence-electron chi connectivity index (χ1n) is 7.74. The number of hydrogen-bond acceptors (Lipinski definition) is 3. The molecule has 3 heteroatoms. The van der Waals surface area contributed by atoms with Crippen molar-refractivity contribution in [2.24, 2.45) is 5.92 Å². The average Bonchev–Trinajstić information content (AvgIpc) is 2.85. The molecule has 0 saturated carbocycles. The second-order valence-corrected chi connectivity index (χ2v) is 6.47. The lowest BCUT2D eigenvalue weighted by molar-refractivity contribution is -0.143. The van der Waals surface area contributed by atoms with Gasteiger partial charge in [-0.3, -0.25) is 10.1 Å². The zero-order chi connectivity index (χ0) is 15.0. The summed E-state index contributed by atoms with van der Waals surface area (Å²) in [6, 6.07) is 8.63. The van der Waals surface area contributed by atoms with E-state index in [1.807, 2.05) is 0 Å². The minimum absolute atomic E-state index is 0.153. The number of benzene rings is 1. The van der Waals surface area contributed by atoms with Crippen LogP contribution in [0.15, 0.2) is 29.8 Å². The van der Waals surface area contributed by atoms with Gasteiger partial charge in [0.1, 0.15) is 6.04 Å². The number of esters is 1. The van der Waals surface area contributed by atoms with Gasteiger partial charge in [0.05, 0.1) is 7.11 Å². The van der Waals surface area contributed by atoms with Crippen molar-refractivity contribution in [2.75, 3.05) is 7.11 Å². The minimum atomic E-state index is -0.219. The molecule has 21 heavy (non-hydrogen) atoms. The number of carbonyl (C=O) groups excluding carboxylic acids is 1. The summed E-state index contributed by atoms with van der Waals surface area (Å²) in [6.07, 6.45) is 2.82. The number of fused-ring (bicyclic) bond motifs is 2. The van der Waals surface area contributed by atoms with Crippen LogP contribution in [0, 0.1) is 5.92 Å². The number of rotatable bonds is 3. The van der Waals surface area contributed by atoms with Gasteiger partial charge >= 0.3 is 5.97 Å². The fourth-order valence-corrected chi connectivity index (χ4v) is 3.61. The maximum atomic E-state index is 12.0. The van der Waals surface area contributed by atoms with Crippen LogP contribution in [-0.2, 0) is 16.0 Å². The fraction of sp³-hybridized carbons (Fsp3) is 0.500. The van der Waals surface area contributed by atoms with Crippen LogP contribution in [-0.4, -0.2) is 25.2 Å². The van der Waals surface area contributed by atoms with E-state index in [0.717, 1.165) is 19.3 Å². The maximum absolute atomic E-state index is 12.0. The molecule has 0 amide bonds. The molecule has 2 unspecified atom stereocenters. The predicted molar refractivity (Wildman–Crippen MR) is 83.9 cm³/mol. The molecule has 1 aliphatic carbocycles. The lowest BCUT2D eigenvalue weighted by Crippen LogP contribution is -2.48. The fourth-order valence-electron chi connectivity index (χ4n) is 3.61. The monoisotopic (exact) mass is 285 g/mol. The van der Waals surface area contributed by atoms with E-state index in [-0.39, 0.29) is 18.1 Å². The highest BCUT2D eigenvalue weighted by atomic mass is 16.5. The standard InChI is InChI=1S/C18H23NO2/c1-11(2)8-16-15-9-12-6-4-5-7-13(12)14(15)10-17(19-16)18(20)21-3/h4-7,11,16-17,19H,8-10H2,1-3H3. The first kappa shape index (κ1) is 14.3. The highest BCUT2D eigenvalue weighted by Crippen LogP contribution is 2.41. The summed E-state index contributed by atoms with van der Waals surface area (Å²) in [5.41, 5.74) is 5.57. The summed E-state index contributed by atoms with van der Waals surface area (Å²) in [6.45, 7) is 4.46. The number of ether oxygens (including phenoxy) is 1. The van der Waals surface area contributed by atoms with Crippen LogP contribution in [0.1, 0.15) is 37.8 Å². The Balaban J connectivity index is 1.96. The Bertz CT molecular complexity index is 589. The second kappa shape index (κ2) is 5.64. The van der Waals surface area contributed by atoms with E-state index in [0.29, 0.717) is 5.92 Å². The van der Waals surface area contributed by atoms with Gasteiger partial charge in [0.2, 0.25) is 0 Å². The third kappa shape index (κ3) is 2.62. The van der Waals surface area contributed by atoms with Crippen molar-refractivity contribution in [2.45, 2.75) is 45.2 Å². The van der Waals surface area contributed by atoms with Gasteiger partial charge in [-0.15, -0.1) is 0 Å². The average molecular weight is 285 g/mol. The van der Waals surface area contributed by atoms with Gasteiger partial charge in [-0.25, -0.2) is 0 Å². The molecule has 1 aromatic carbocycles. The quantitative estimate of drug-likeness (QED) is 0.868. The van der Waals surface area contributed by atoms with Gasteiger partial charge in [-0.05, 0) is 47.5 Å². The van der Waals surface area contributed by atoms with E-state index in [1.165, 1.54) is 29.4 Å². The maximum Gasteiger partial charge on any atom is 0.323 e. The molecule has 1 aliphatic heterocycles.